The summed E-state index contributed by atoms with van der Waals surface area (Å²) in [4.78, 5) is 0. The maximum atomic E-state index is 4.26. The molecule has 0 fully saturated rings. The van der Waals surface area contributed by atoms with Crippen molar-refractivity contribution in [3.63, 3.8) is 0 Å². The molecule has 64 valence electrons. The van der Waals surface area contributed by atoms with Gasteiger partial charge < -0.3 is 0 Å². The molecule has 0 bridgehead atoms. The second-order valence-electron chi connectivity index (χ2n) is 4.09. The van der Waals surface area contributed by atoms with E-state index in [9.17, 15) is 0 Å². The molecule has 1 heterocycles. The lowest BCUT2D eigenvalue weighted by Gasteiger charge is -2.13. The van der Waals surface area contributed by atoms with E-state index in [0.717, 1.165) is 6.42 Å². The molecule has 0 aromatic heterocycles. The van der Waals surface area contributed by atoms with Gasteiger partial charge in [-0.25, -0.2) is 0 Å². The molecule has 0 radical (unpaired) electrons. The molecule has 0 aromatic carbocycles. The molecule has 2 atom stereocenters. The summed E-state index contributed by atoms with van der Waals surface area (Å²) < 4.78 is 0. The third kappa shape index (κ3) is 2.01. The van der Waals surface area contributed by atoms with Crippen molar-refractivity contribution in [3.8, 4) is 0 Å². The molecule has 0 aliphatic carbocycles. The maximum Gasteiger partial charge on any atom is 0.0752 e. The van der Waals surface area contributed by atoms with Crippen LogP contribution in [0.25, 0.3) is 0 Å². The van der Waals surface area contributed by atoms with Crippen LogP contribution < -0.4 is 0 Å². The van der Waals surface area contributed by atoms with Gasteiger partial charge in [-0.15, -0.1) is 0 Å². The predicted octanol–water partition coefficient (Wildman–Crippen LogP) is 2.89. The van der Waals surface area contributed by atoms with E-state index in [-0.39, 0.29) is 0 Å². The number of hydrogen-bond acceptors (Lipinski definition) is 2. The van der Waals surface area contributed by atoms with Gasteiger partial charge in [0.05, 0.1) is 12.1 Å². The molecule has 1 aliphatic rings. The molecule has 1 rings (SSSR count). The highest BCUT2D eigenvalue weighted by Crippen LogP contribution is 2.26. The smallest absolute Gasteiger partial charge is 0.0752 e. The van der Waals surface area contributed by atoms with Crippen LogP contribution in [0.4, 0.5) is 0 Å². The Bertz CT molecular complexity index is 134. The number of hydrogen-bond donors (Lipinski definition) is 0. The van der Waals surface area contributed by atoms with Gasteiger partial charge >= 0.3 is 0 Å². The fourth-order valence-electron chi connectivity index (χ4n) is 1.32. The van der Waals surface area contributed by atoms with Crippen LogP contribution in [0.3, 0.4) is 0 Å². The first-order chi connectivity index (χ1) is 5.11. The standard InChI is InChI=1S/C9H18N2/c1-6(2)8-5-9(7(3)4)11-10-8/h6-9H,5H2,1-4H3. The Morgan fingerprint density at radius 3 is 1.45 bits per heavy atom. The van der Waals surface area contributed by atoms with Crippen molar-refractivity contribution in [2.75, 3.05) is 0 Å². The lowest BCUT2D eigenvalue weighted by molar-refractivity contribution is 0.432. The lowest BCUT2D eigenvalue weighted by atomic mass is 9.94. The lowest BCUT2D eigenvalue weighted by Crippen LogP contribution is -2.17. The summed E-state index contributed by atoms with van der Waals surface area (Å²) in [6, 6.07) is 0.977. The summed E-state index contributed by atoms with van der Waals surface area (Å²) in [5.74, 6) is 1.31. The van der Waals surface area contributed by atoms with E-state index in [2.05, 4.69) is 37.9 Å². The third-order valence-corrected chi connectivity index (χ3v) is 2.39. The second-order valence-corrected chi connectivity index (χ2v) is 4.09. The molecule has 0 saturated heterocycles. The first-order valence-corrected chi connectivity index (χ1v) is 4.51. The van der Waals surface area contributed by atoms with Crippen molar-refractivity contribution in [2.45, 2.75) is 46.2 Å². The average molecular weight is 154 g/mol. The van der Waals surface area contributed by atoms with Gasteiger partial charge in [0.15, 0.2) is 0 Å². The van der Waals surface area contributed by atoms with E-state index in [1.807, 2.05) is 0 Å². The summed E-state index contributed by atoms with van der Waals surface area (Å²) in [7, 11) is 0. The van der Waals surface area contributed by atoms with E-state index in [4.69, 9.17) is 0 Å². The fraction of sp³-hybridized carbons (Fsp3) is 1.00. The quantitative estimate of drug-likeness (QED) is 0.584. The van der Waals surface area contributed by atoms with Crippen LogP contribution in [0.1, 0.15) is 34.1 Å². The van der Waals surface area contributed by atoms with Gasteiger partial charge in [0.1, 0.15) is 0 Å². The first kappa shape index (κ1) is 8.69. The molecule has 11 heavy (non-hydrogen) atoms. The Balaban J connectivity index is 2.43. The molecular weight excluding hydrogens is 136 g/mol. The Kier molecular flexibility index (Phi) is 2.63. The molecule has 0 amide bonds. The van der Waals surface area contributed by atoms with Gasteiger partial charge in [-0.1, -0.05) is 27.7 Å². The molecular formula is C9H18N2. The van der Waals surface area contributed by atoms with Crippen LogP contribution in [0.15, 0.2) is 10.2 Å². The Morgan fingerprint density at radius 1 is 0.909 bits per heavy atom. The predicted molar refractivity (Wildman–Crippen MR) is 46.7 cm³/mol. The topological polar surface area (TPSA) is 24.7 Å². The summed E-state index contributed by atoms with van der Waals surface area (Å²) in [5, 5.41) is 8.53. The van der Waals surface area contributed by atoms with Crippen molar-refractivity contribution in [1.29, 1.82) is 0 Å². The van der Waals surface area contributed by atoms with Crippen molar-refractivity contribution in [2.24, 2.45) is 22.1 Å². The first-order valence-electron chi connectivity index (χ1n) is 4.51. The van der Waals surface area contributed by atoms with Crippen LogP contribution in [-0.4, -0.2) is 12.1 Å². The minimum absolute atomic E-state index is 0.488. The molecule has 0 N–H and O–H groups in total. The zero-order chi connectivity index (χ0) is 8.43. The van der Waals surface area contributed by atoms with Gasteiger partial charge in [0.25, 0.3) is 0 Å². The minimum atomic E-state index is 0.488. The highest BCUT2D eigenvalue weighted by Gasteiger charge is 2.26. The van der Waals surface area contributed by atoms with Gasteiger partial charge in [-0.05, 0) is 18.3 Å². The molecule has 2 nitrogen and oxygen atoms in total. The average Bonchev–Trinajstić information content (AvgIpc) is 2.33. The van der Waals surface area contributed by atoms with Crippen molar-refractivity contribution in [3.05, 3.63) is 0 Å². The highest BCUT2D eigenvalue weighted by atomic mass is 15.2. The summed E-state index contributed by atoms with van der Waals surface area (Å²) >= 11 is 0. The van der Waals surface area contributed by atoms with Crippen LogP contribution in [0.2, 0.25) is 0 Å². The van der Waals surface area contributed by atoms with Gasteiger partial charge in [-0.2, -0.15) is 10.2 Å². The number of azo groups is 1. The van der Waals surface area contributed by atoms with Gasteiger partial charge in [0, 0.05) is 0 Å². The zero-order valence-electron chi connectivity index (χ0n) is 7.91. The molecule has 0 spiro atoms. The van der Waals surface area contributed by atoms with Crippen LogP contribution in [0.5, 0.6) is 0 Å². The molecule has 0 saturated carbocycles. The maximum absolute atomic E-state index is 4.26. The monoisotopic (exact) mass is 154 g/mol. The molecule has 0 aromatic rings. The van der Waals surface area contributed by atoms with Gasteiger partial charge in [-0.3, -0.25) is 0 Å². The van der Waals surface area contributed by atoms with Crippen molar-refractivity contribution in [1.82, 2.24) is 0 Å². The van der Waals surface area contributed by atoms with Gasteiger partial charge in [0.2, 0.25) is 0 Å². The normalized spacial score (nSPS) is 30.7. The van der Waals surface area contributed by atoms with Crippen molar-refractivity contribution < 1.29 is 0 Å². The molecule has 1 aliphatic heterocycles. The second kappa shape index (κ2) is 3.33. The van der Waals surface area contributed by atoms with Crippen molar-refractivity contribution >= 4 is 0 Å². The van der Waals surface area contributed by atoms with Crippen LogP contribution in [0, 0.1) is 11.8 Å². The SMILES string of the molecule is CC(C)C1CC(C(C)C)N=N1. The Morgan fingerprint density at radius 2 is 1.27 bits per heavy atom. The summed E-state index contributed by atoms with van der Waals surface area (Å²) in [6.45, 7) is 8.86. The highest BCUT2D eigenvalue weighted by molar-refractivity contribution is 4.84. The largest absolute Gasteiger partial charge is 0.190 e. The Labute approximate surface area is 69.1 Å². The zero-order valence-corrected chi connectivity index (χ0v) is 7.91. The summed E-state index contributed by atoms with van der Waals surface area (Å²) in [6.07, 6.45) is 1.16. The number of nitrogens with zero attached hydrogens (tertiary/aromatic N) is 2. The van der Waals surface area contributed by atoms with E-state index in [1.165, 1.54) is 0 Å². The third-order valence-electron chi connectivity index (χ3n) is 2.39. The van der Waals surface area contributed by atoms with Crippen LogP contribution in [-0.2, 0) is 0 Å². The molecule has 2 unspecified atom stereocenters. The summed E-state index contributed by atoms with van der Waals surface area (Å²) in [5.41, 5.74) is 0. The molecule has 2 heteroatoms. The van der Waals surface area contributed by atoms with E-state index in [0.29, 0.717) is 23.9 Å². The number of rotatable bonds is 2. The Hall–Kier alpha value is -0.400. The van der Waals surface area contributed by atoms with E-state index < -0.39 is 0 Å². The van der Waals surface area contributed by atoms with Crippen LogP contribution >= 0.6 is 0 Å². The van der Waals surface area contributed by atoms with E-state index >= 15 is 0 Å². The van der Waals surface area contributed by atoms with E-state index in [1.54, 1.807) is 0 Å². The fourth-order valence-corrected chi connectivity index (χ4v) is 1.32. The minimum Gasteiger partial charge on any atom is -0.190 e.